The van der Waals surface area contributed by atoms with Crippen LogP contribution in [0, 0.1) is 0 Å². The summed E-state index contributed by atoms with van der Waals surface area (Å²) < 4.78 is 11.2. The number of rotatable bonds is 14. The number of H-pyrrole nitrogens is 1. The lowest BCUT2D eigenvalue weighted by molar-refractivity contribution is -0.119. The van der Waals surface area contributed by atoms with Crippen LogP contribution in [0.3, 0.4) is 0 Å². The number of amides is 1. The summed E-state index contributed by atoms with van der Waals surface area (Å²) in [6.45, 7) is 2.28. The number of carbonyl (C=O) groups is 1. The maximum Gasteiger partial charge on any atom is 0.237 e. The van der Waals surface area contributed by atoms with Crippen molar-refractivity contribution in [1.29, 1.82) is 0 Å². The van der Waals surface area contributed by atoms with Gasteiger partial charge in [-0.3, -0.25) is 14.8 Å². The normalized spacial score (nSPS) is 14.2. The number of ether oxygens (including phenoxy) is 2. The molecule has 4 heterocycles. The highest BCUT2D eigenvalue weighted by atomic mass is 35.5. The van der Waals surface area contributed by atoms with Gasteiger partial charge < -0.3 is 30.4 Å². The molecule has 1 aliphatic heterocycles. The van der Waals surface area contributed by atoms with Gasteiger partial charge in [-0.05, 0) is 6.42 Å². The van der Waals surface area contributed by atoms with Crippen LogP contribution in [0.15, 0.2) is 61.2 Å². The van der Waals surface area contributed by atoms with Crippen LogP contribution in [0.25, 0.3) is 33.6 Å². The van der Waals surface area contributed by atoms with Crippen molar-refractivity contribution >= 4 is 29.1 Å². The van der Waals surface area contributed by atoms with Gasteiger partial charge in [-0.2, -0.15) is 0 Å². The van der Waals surface area contributed by atoms with E-state index < -0.39 is 0 Å². The van der Waals surface area contributed by atoms with Gasteiger partial charge in [0.2, 0.25) is 17.7 Å². The molecule has 0 saturated carbocycles. The van der Waals surface area contributed by atoms with Crippen molar-refractivity contribution < 1.29 is 14.3 Å². The predicted molar refractivity (Wildman–Crippen MR) is 184 cm³/mol. The van der Waals surface area contributed by atoms with Crippen LogP contribution in [-0.2, 0) is 24.3 Å². The number of hydrogen-bond acceptors (Lipinski definition) is 10. The molecule has 1 amide bonds. The molecule has 0 radical (unpaired) electrons. The van der Waals surface area contributed by atoms with Gasteiger partial charge in [-0.15, -0.1) is 0 Å². The van der Waals surface area contributed by atoms with E-state index in [0.29, 0.717) is 81.8 Å². The van der Waals surface area contributed by atoms with Crippen molar-refractivity contribution in [2.45, 2.75) is 38.4 Å². The van der Waals surface area contributed by atoms with E-state index in [2.05, 4.69) is 35.9 Å². The zero-order chi connectivity index (χ0) is 33.5. The average Bonchev–Trinajstić information content (AvgIpc) is 3.79. The number of aromatic nitrogens is 6. The van der Waals surface area contributed by atoms with Crippen LogP contribution in [0.2, 0.25) is 10.0 Å². The minimum atomic E-state index is 0.0836. The Morgan fingerprint density at radius 2 is 1.42 bits per heavy atom. The summed E-state index contributed by atoms with van der Waals surface area (Å²) in [7, 11) is 3.13. The highest BCUT2D eigenvalue weighted by Crippen LogP contribution is 2.42. The maximum absolute atomic E-state index is 11.5. The number of nitrogens with one attached hydrogen (secondary N) is 4. The van der Waals surface area contributed by atoms with E-state index in [0.717, 1.165) is 36.3 Å². The van der Waals surface area contributed by atoms with E-state index in [1.54, 1.807) is 39.0 Å². The lowest BCUT2D eigenvalue weighted by atomic mass is 9.98. The number of aromatic amines is 1. The first-order valence-electron chi connectivity index (χ1n) is 15.5. The van der Waals surface area contributed by atoms with Crippen molar-refractivity contribution in [1.82, 2.24) is 45.9 Å². The second kappa shape index (κ2) is 15.5. The molecule has 1 aliphatic rings. The van der Waals surface area contributed by atoms with E-state index in [9.17, 15) is 4.79 Å². The van der Waals surface area contributed by atoms with Crippen molar-refractivity contribution in [3.05, 3.63) is 88.4 Å². The number of hydrogen-bond donors (Lipinski definition) is 4. The fraction of sp³-hybridized carbons (Fsp3) is 0.294. The van der Waals surface area contributed by atoms with Crippen LogP contribution in [0.5, 0.6) is 11.8 Å². The molecule has 5 aromatic rings. The Kier molecular flexibility index (Phi) is 10.8. The van der Waals surface area contributed by atoms with Crippen molar-refractivity contribution in [3.63, 3.8) is 0 Å². The zero-order valence-electron chi connectivity index (χ0n) is 26.5. The molecule has 14 heteroatoms. The molecule has 0 spiro atoms. The molecule has 1 unspecified atom stereocenters. The van der Waals surface area contributed by atoms with Crippen LogP contribution >= 0.6 is 23.2 Å². The fourth-order valence-electron chi connectivity index (χ4n) is 5.54. The van der Waals surface area contributed by atoms with Crippen LogP contribution in [0.1, 0.15) is 30.1 Å². The molecule has 6 rings (SSSR count). The van der Waals surface area contributed by atoms with Gasteiger partial charge in [0.1, 0.15) is 17.2 Å². The SMILES string of the molecule is COc1nc(-c2cccc(-c3cccc(-c4cnc(CNCC5CCC(=O)N5)c(OC)n4)c3Cl)c2Cl)cnc1CNCCc1ncc[nH]1. The molecule has 2 aromatic carbocycles. The summed E-state index contributed by atoms with van der Waals surface area (Å²) in [5.41, 5.74) is 5.29. The van der Waals surface area contributed by atoms with Gasteiger partial charge in [0.15, 0.2) is 0 Å². The van der Waals surface area contributed by atoms with Gasteiger partial charge in [0, 0.05) is 79.7 Å². The Hall–Kier alpha value is -4.62. The zero-order valence-corrected chi connectivity index (χ0v) is 28.0. The highest BCUT2D eigenvalue weighted by Gasteiger charge is 2.21. The molecule has 3 aromatic heterocycles. The third-order valence-electron chi connectivity index (χ3n) is 8.00. The Bertz CT molecular complexity index is 1890. The number of imidazole rings is 1. The summed E-state index contributed by atoms with van der Waals surface area (Å²) >= 11 is 14.1. The fourth-order valence-corrected chi connectivity index (χ4v) is 6.19. The molecule has 248 valence electrons. The summed E-state index contributed by atoms with van der Waals surface area (Å²) in [4.78, 5) is 37.5. The minimum absolute atomic E-state index is 0.0836. The monoisotopic (exact) mass is 687 g/mol. The third kappa shape index (κ3) is 7.57. The number of benzene rings is 2. The molecule has 1 saturated heterocycles. The Balaban J connectivity index is 1.20. The van der Waals surface area contributed by atoms with Crippen molar-refractivity contribution in [3.8, 4) is 45.4 Å². The predicted octanol–water partition coefficient (Wildman–Crippen LogP) is 5.02. The second-order valence-corrected chi connectivity index (χ2v) is 11.9. The Labute approximate surface area is 288 Å². The Morgan fingerprint density at radius 3 is 1.94 bits per heavy atom. The Morgan fingerprint density at radius 1 is 0.833 bits per heavy atom. The second-order valence-electron chi connectivity index (χ2n) is 11.2. The van der Waals surface area contributed by atoms with Gasteiger partial charge in [0.25, 0.3) is 0 Å². The minimum Gasteiger partial charge on any atom is -0.480 e. The standard InChI is InChI=1S/C34H35Cl2N9O3/c1-47-33-27(16-37-12-11-29-39-13-14-40-29)41-18-25(44-33)23-7-3-5-21(31(23)35)22-6-4-8-24(32(22)36)26-19-42-28(34(45-26)48-2)17-38-15-20-9-10-30(46)43-20/h3-8,13-14,18-20,37-38H,9-12,15-17H2,1-2H3,(H,39,40)(H,43,46). The largest absolute Gasteiger partial charge is 0.480 e. The van der Waals surface area contributed by atoms with E-state index in [1.165, 1.54) is 0 Å². The van der Waals surface area contributed by atoms with E-state index in [4.69, 9.17) is 42.6 Å². The molecular weight excluding hydrogens is 653 g/mol. The first-order valence-corrected chi connectivity index (χ1v) is 16.3. The quantitative estimate of drug-likeness (QED) is 0.117. The van der Waals surface area contributed by atoms with Crippen LogP contribution < -0.4 is 25.4 Å². The molecule has 48 heavy (non-hydrogen) atoms. The molecule has 12 nitrogen and oxygen atoms in total. The van der Waals surface area contributed by atoms with Gasteiger partial charge in [-0.25, -0.2) is 15.0 Å². The van der Waals surface area contributed by atoms with Gasteiger partial charge in [-0.1, -0.05) is 59.6 Å². The lowest BCUT2D eigenvalue weighted by Crippen LogP contribution is -2.35. The summed E-state index contributed by atoms with van der Waals surface area (Å²) in [5.74, 6) is 1.80. The number of halogens is 2. The number of carbonyl (C=O) groups excluding carboxylic acids is 1. The first-order chi connectivity index (χ1) is 23.4. The third-order valence-corrected chi connectivity index (χ3v) is 8.82. The lowest BCUT2D eigenvalue weighted by Gasteiger charge is -2.15. The maximum atomic E-state index is 11.5. The number of methoxy groups -OCH3 is 2. The summed E-state index contributed by atoms with van der Waals surface area (Å²) in [6.07, 6.45) is 9.04. The van der Waals surface area contributed by atoms with Crippen LogP contribution in [0.4, 0.5) is 0 Å². The summed E-state index contributed by atoms with van der Waals surface area (Å²) in [6, 6.07) is 11.5. The van der Waals surface area contributed by atoms with E-state index >= 15 is 0 Å². The molecular formula is C34H35Cl2N9O3. The molecule has 4 N–H and O–H groups in total. The van der Waals surface area contributed by atoms with E-state index in [-0.39, 0.29) is 11.9 Å². The van der Waals surface area contributed by atoms with Crippen LogP contribution in [-0.4, -0.2) is 69.2 Å². The van der Waals surface area contributed by atoms with E-state index in [1.807, 2.05) is 36.4 Å². The van der Waals surface area contributed by atoms with Crippen molar-refractivity contribution in [2.24, 2.45) is 0 Å². The first kappa shape index (κ1) is 33.3. The van der Waals surface area contributed by atoms with Gasteiger partial charge >= 0.3 is 0 Å². The topological polar surface area (TPSA) is 152 Å². The average molecular weight is 689 g/mol. The molecule has 0 aliphatic carbocycles. The highest BCUT2D eigenvalue weighted by molar-refractivity contribution is 6.39. The van der Waals surface area contributed by atoms with Crippen molar-refractivity contribution in [2.75, 3.05) is 27.3 Å². The molecule has 0 bridgehead atoms. The molecule has 1 fully saturated rings. The smallest absolute Gasteiger partial charge is 0.237 e. The molecule has 1 atom stereocenters. The van der Waals surface area contributed by atoms with Gasteiger partial charge in [0.05, 0.1) is 48.0 Å². The summed E-state index contributed by atoms with van der Waals surface area (Å²) in [5, 5.41) is 10.6. The number of nitrogens with zero attached hydrogens (tertiary/aromatic N) is 5.